The molecule has 0 aliphatic carbocycles. The van der Waals surface area contributed by atoms with Gasteiger partial charge in [0.15, 0.2) is 5.78 Å². The number of hydrogen-bond acceptors (Lipinski definition) is 1. The molecule has 0 rings (SSSR count). The average molecular weight is 182 g/mol. The molecule has 0 aromatic rings. The molecule has 0 aromatic heterocycles. The topological polar surface area (TPSA) is 17.1 Å². The van der Waals surface area contributed by atoms with Gasteiger partial charge in [-0.3, -0.25) is 4.79 Å². The first-order chi connectivity index (χ1) is 5.86. The van der Waals surface area contributed by atoms with Crippen molar-refractivity contribution in [2.75, 3.05) is 0 Å². The molecule has 0 atom stereocenters. The number of allylic oxidation sites excluding steroid dienone is 2. The van der Waals surface area contributed by atoms with E-state index in [-0.39, 0.29) is 5.78 Å². The number of hydrogen-bond donors (Lipinski definition) is 0. The lowest BCUT2D eigenvalue weighted by atomic mass is 9.90. The minimum atomic E-state index is 0.230. The molecule has 0 aliphatic rings. The van der Waals surface area contributed by atoms with Gasteiger partial charge in [-0.15, -0.1) is 0 Å². The van der Waals surface area contributed by atoms with Crippen LogP contribution in [0.5, 0.6) is 0 Å². The fraction of sp³-hybridized carbons (Fsp3) is 0.750. The van der Waals surface area contributed by atoms with Crippen molar-refractivity contribution in [3.05, 3.63) is 11.1 Å². The van der Waals surface area contributed by atoms with E-state index in [9.17, 15) is 4.79 Å². The third-order valence-corrected chi connectivity index (χ3v) is 2.13. The van der Waals surface area contributed by atoms with Crippen LogP contribution in [0.1, 0.15) is 48.0 Å². The van der Waals surface area contributed by atoms with Crippen LogP contribution in [0.15, 0.2) is 11.1 Å². The van der Waals surface area contributed by atoms with E-state index in [0.29, 0.717) is 11.8 Å². The molecule has 0 bridgehead atoms. The van der Waals surface area contributed by atoms with Gasteiger partial charge in [-0.05, 0) is 37.7 Å². The SMILES string of the molecule is CC(=O)/C(=C(/C)CC(C)C)C(C)C. The van der Waals surface area contributed by atoms with Crippen LogP contribution in [-0.4, -0.2) is 5.78 Å². The monoisotopic (exact) mass is 182 g/mol. The predicted molar refractivity (Wildman–Crippen MR) is 57.7 cm³/mol. The van der Waals surface area contributed by atoms with Gasteiger partial charge in [-0.1, -0.05) is 33.3 Å². The molecule has 76 valence electrons. The van der Waals surface area contributed by atoms with Crippen molar-refractivity contribution in [2.45, 2.75) is 48.0 Å². The van der Waals surface area contributed by atoms with E-state index in [4.69, 9.17) is 0 Å². The number of Topliss-reactive ketones (excluding diaryl/α,β-unsaturated/α-hetero) is 1. The van der Waals surface area contributed by atoms with Gasteiger partial charge in [-0.2, -0.15) is 0 Å². The van der Waals surface area contributed by atoms with Crippen LogP contribution in [0.25, 0.3) is 0 Å². The van der Waals surface area contributed by atoms with Crippen molar-refractivity contribution < 1.29 is 4.79 Å². The molecule has 0 saturated heterocycles. The number of carbonyl (C=O) groups is 1. The van der Waals surface area contributed by atoms with Crippen LogP contribution >= 0.6 is 0 Å². The molecule has 0 aliphatic heterocycles. The second-order valence-corrected chi connectivity index (χ2v) is 4.50. The Labute approximate surface area is 82.2 Å². The van der Waals surface area contributed by atoms with E-state index in [2.05, 4.69) is 34.6 Å². The highest BCUT2D eigenvalue weighted by atomic mass is 16.1. The summed E-state index contributed by atoms with van der Waals surface area (Å²) in [6.45, 7) is 12.3. The fourth-order valence-electron chi connectivity index (χ4n) is 1.92. The van der Waals surface area contributed by atoms with Gasteiger partial charge in [0.2, 0.25) is 0 Å². The molecule has 0 unspecified atom stereocenters. The Kier molecular flexibility index (Phi) is 4.97. The first kappa shape index (κ1) is 12.4. The minimum absolute atomic E-state index is 0.230. The van der Waals surface area contributed by atoms with Gasteiger partial charge in [0.25, 0.3) is 0 Å². The largest absolute Gasteiger partial charge is 0.295 e. The van der Waals surface area contributed by atoms with Crippen molar-refractivity contribution in [2.24, 2.45) is 11.8 Å². The van der Waals surface area contributed by atoms with E-state index >= 15 is 0 Å². The second-order valence-electron chi connectivity index (χ2n) is 4.50. The van der Waals surface area contributed by atoms with Crippen LogP contribution in [0.4, 0.5) is 0 Å². The lowest BCUT2D eigenvalue weighted by molar-refractivity contribution is -0.114. The summed E-state index contributed by atoms with van der Waals surface area (Å²) < 4.78 is 0. The smallest absolute Gasteiger partial charge is 0.155 e. The summed E-state index contributed by atoms with van der Waals surface area (Å²) in [6, 6.07) is 0. The summed E-state index contributed by atoms with van der Waals surface area (Å²) in [5.74, 6) is 1.22. The standard InChI is InChI=1S/C12H22O/c1-8(2)7-10(5)12(9(3)4)11(6)13/h8-9H,7H2,1-6H3/b12-10-. The van der Waals surface area contributed by atoms with Crippen LogP contribution < -0.4 is 0 Å². The molecule has 0 N–H and O–H groups in total. The number of ketones is 1. The summed E-state index contributed by atoms with van der Waals surface area (Å²) >= 11 is 0. The molecule has 1 nitrogen and oxygen atoms in total. The quantitative estimate of drug-likeness (QED) is 0.607. The summed E-state index contributed by atoms with van der Waals surface area (Å²) in [6.07, 6.45) is 1.03. The van der Waals surface area contributed by atoms with Crippen molar-refractivity contribution >= 4 is 5.78 Å². The Bertz CT molecular complexity index is 209. The molecular formula is C12H22O. The van der Waals surface area contributed by atoms with Crippen molar-refractivity contribution in [1.82, 2.24) is 0 Å². The van der Waals surface area contributed by atoms with E-state index in [1.807, 2.05) is 0 Å². The summed E-state index contributed by atoms with van der Waals surface area (Å²) in [4.78, 5) is 11.4. The summed E-state index contributed by atoms with van der Waals surface area (Å²) in [7, 11) is 0. The molecule has 0 aromatic carbocycles. The van der Waals surface area contributed by atoms with Crippen LogP contribution in [0.3, 0.4) is 0 Å². The van der Waals surface area contributed by atoms with Gasteiger partial charge in [-0.25, -0.2) is 0 Å². The number of carbonyl (C=O) groups excluding carboxylic acids is 1. The predicted octanol–water partition coefficient (Wildman–Crippen LogP) is 3.59. The van der Waals surface area contributed by atoms with E-state index < -0.39 is 0 Å². The third-order valence-electron chi connectivity index (χ3n) is 2.13. The van der Waals surface area contributed by atoms with Crippen LogP contribution in [-0.2, 0) is 4.79 Å². The van der Waals surface area contributed by atoms with Crippen molar-refractivity contribution in [3.8, 4) is 0 Å². The first-order valence-corrected chi connectivity index (χ1v) is 5.06. The zero-order valence-corrected chi connectivity index (χ0v) is 9.77. The molecule has 1 heteroatoms. The van der Waals surface area contributed by atoms with Crippen molar-refractivity contribution in [3.63, 3.8) is 0 Å². The zero-order chi connectivity index (χ0) is 10.6. The van der Waals surface area contributed by atoms with Gasteiger partial charge >= 0.3 is 0 Å². The molecule has 13 heavy (non-hydrogen) atoms. The van der Waals surface area contributed by atoms with Gasteiger partial charge < -0.3 is 0 Å². The molecule has 0 heterocycles. The Hall–Kier alpha value is -0.590. The highest BCUT2D eigenvalue weighted by Gasteiger charge is 2.12. The molecule has 0 fully saturated rings. The molecule has 0 spiro atoms. The maximum Gasteiger partial charge on any atom is 0.155 e. The van der Waals surface area contributed by atoms with E-state index in [1.165, 1.54) is 5.57 Å². The molecule has 0 amide bonds. The van der Waals surface area contributed by atoms with Gasteiger partial charge in [0.05, 0.1) is 0 Å². The normalized spacial score (nSPS) is 13.5. The van der Waals surface area contributed by atoms with Crippen LogP contribution in [0.2, 0.25) is 0 Å². The van der Waals surface area contributed by atoms with E-state index in [0.717, 1.165) is 12.0 Å². The molecule has 0 radical (unpaired) electrons. The minimum Gasteiger partial charge on any atom is -0.295 e. The van der Waals surface area contributed by atoms with Gasteiger partial charge in [0.1, 0.15) is 0 Å². The zero-order valence-electron chi connectivity index (χ0n) is 9.77. The summed E-state index contributed by atoms with van der Waals surface area (Å²) in [5, 5.41) is 0. The van der Waals surface area contributed by atoms with Crippen LogP contribution in [0, 0.1) is 11.8 Å². The third kappa shape index (κ3) is 4.25. The molecule has 0 saturated carbocycles. The Morgan fingerprint density at radius 1 is 1.08 bits per heavy atom. The van der Waals surface area contributed by atoms with Gasteiger partial charge in [0, 0.05) is 0 Å². The Morgan fingerprint density at radius 3 is 1.77 bits per heavy atom. The maximum atomic E-state index is 11.4. The second kappa shape index (κ2) is 5.21. The summed E-state index contributed by atoms with van der Waals surface area (Å²) in [5.41, 5.74) is 2.28. The maximum absolute atomic E-state index is 11.4. The highest BCUT2D eigenvalue weighted by Crippen LogP contribution is 2.21. The Balaban J connectivity index is 4.76. The van der Waals surface area contributed by atoms with E-state index in [1.54, 1.807) is 6.92 Å². The van der Waals surface area contributed by atoms with Crippen molar-refractivity contribution in [1.29, 1.82) is 0 Å². The first-order valence-electron chi connectivity index (χ1n) is 5.06. The highest BCUT2D eigenvalue weighted by molar-refractivity contribution is 5.94. The average Bonchev–Trinajstić information content (AvgIpc) is 1.81. The molecular weight excluding hydrogens is 160 g/mol. The fourth-order valence-corrected chi connectivity index (χ4v) is 1.92. The lowest BCUT2D eigenvalue weighted by Crippen LogP contribution is -2.08. The lowest BCUT2D eigenvalue weighted by Gasteiger charge is -2.14. The number of rotatable bonds is 4. The Morgan fingerprint density at radius 2 is 1.54 bits per heavy atom.